The van der Waals surface area contributed by atoms with Gasteiger partial charge in [-0.25, -0.2) is 0 Å². The number of hydrogen-bond acceptors (Lipinski definition) is 4. The second-order valence-electron chi connectivity index (χ2n) is 7.11. The van der Waals surface area contributed by atoms with Crippen molar-refractivity contribution in [3.05, 3.63) is 29.8 Å². The number of ether oxygens (including phenoxy) is 1. The van der Waals surface area contributed by atoms with E-state index in [9.17, 15) is 4.79 Å². The average Bonchev–Trinajstić information content (AvgIpc) is 3.04. The van der Waals surface area contributed by atoms with E-state index >= 15 is 0 Å². The molecule has 2 fully saturated rings. The van der Waals surface area contributed by atoms with E-state index in [1.165, 1.54) is 19.3 Å². The summed E-state index contributed by atoms with van der Waals surface area (Å²) in [5.74, 6) is 0.0881. The average molecular weight is 331 g/mol. The van der Waals surface area contributed by atoms with Crippen molar-refractivity contribution in [2.45, 2.75) is 37.8 Å². The first kappa shape index (κ1) is 17.2. The van der Waals surface area contributed by atoms with Gasteiger partial charge in [0.2, 0.25) is 5.91 Å². The topological polar surface area (TPSA) is 44.8 Å². The number of piperidine rings is 1. The number of nitrogens with zero attached hydrogens (tertiary/aromatic N) is 2. The van der Waals surface area contributed by atoms with Gasteiger partial charge in [-0.3, -0.25) is 9.69 Å². The maximum Gasteiger partial charge on any atom is 0.224 e. The van der Waals surface area contributed by atoms with E-state index in [-0.39, 0.29) is 11.9 Å². The molecule has 2 aliphatic rings. The van der Waals surface area contributed by atoms with Crippen molar-refractivity contribution in [1.82, 2.24) is 10.2 Å². The van der Waals surface area contributed by atoms with Gasteiger partial charge in [0, 0.05) is 19.8 Å². The molecule has 0 aromatic heterocycles. The van der Waals surface area contributed by atoms with Gasteiger partial charge in [0.1, 0.15) is 0 Å². The molecule has 2 atom stereocenters. The molecule has 3 rings (SSSR count). The normalized spacial score (nSPS) is 24.8. The predicted octanol–water partition coefficient (Wildman–Crippen LogP) is 1.66. The van der Waals surface area contributed by atoms with Crippen LogP contribution in [0.4, 0.5) is 5.69 Å². The third kappa shape index (κ3) is 4.28. The van der Waals surface area contributed by atoms with E-state index in [0.29, 0.717) is 19.1 Å². The van der Waals surface area contributed by atoms with Gasteiger partial charge in [0.05, 0.1) is 31.7 Å². The maximum atomic E-state index is 12.4. The Kier molecular flexibility index (Phi) is 5.74. The molecule has 0 spiro atoms. The Morgan fingerprint density at radius 3 is 2.54 bits per heavy atom. The van der Waals surface area contributed by atoms with Gasteiger partial charge in [-0.05, 0) is 43.6 Å². The maximum absolute atomic E-state index is 12.4. The number of anilines is 1. The lowest BCUT2D eigenvalue weighted by Crippen LogP contribution is -2.52. The van der Waals surface area contributed by atoms with Crippen molar-refractivity contribution < 1.29 is 9.53 Å². The van der Waals surface area contributed by atoms with Crippen LogP contribution >= 0.6 is 0 Å². The van der Waals surface area contributed by atoms with Crippen LogP contribution in [0.3, 0.4) is 0 Å². The molecule has 1 amide bonds. The van der Waals surface area contributed by atoms with Crippen LogP contribution in [0.1, 0.15) is 24.8 Å². The molecule has 5 nitrogen and oxygen atoms in total. The molecular formula is C19H29N3O2. The molecule has 2 heterocycles. The second-order valence-corrected chi connectivity index (χ2v) is 7.11. The summed E-state index contributed by atoms with van der Waals surface area (Å²) >= 11 is 0. The second kappa shape index (κ2) is 7.99. The summed E-state index contributed by atoms with van der Waals surface area (Å²) in [5.41, 5.74) is 2.19. The Morgan fingerprint density at radius 1 is 1.17 bits per heavy atom. The lowest BCUT2D eigenvalue weighted by atomic mass is 10.0. The predicted molar refractivity (Wildman–Crippen MR) is 96.4 cm³/mol. The quantitative estimate of drug-likeness (QED) is 0.891. The summed E-state index contributed by atoms with van der Waals surface area (Å²) in [5, 5.41) is 3.20. The summed E-state index contributed by atoms with van der Waals surface area (Å²) < 4.78 is 5.65. The van der Waals surface area contributed by atoms with Crippen molar-refractivity contribution in [2.75, 3.05) is 45.3 Å². The van der Waals surface area contributed by atoms with E-state index in [1.807, 2.05) is 26.2 Å². The zero-order chi connectivity index (χ0) is 16.9. The fourth-order valence-electron chi connectivity index (χ4n) is 3.65. The van der Waals surface area contributed by atoms with E-state index in [1.54, 1.807) is 0 Å². The molecule has 24 heavy (non-hydrogen) atoms. The summed E-state index contributed by atoms with van der Waals surface area (Å²) in [6.45, 7) is 3.63. The smallest absolute Gasteiger partial charge is 0.224 e. The van der Waals surface area contributed by atoms with Gasteiger partial charge >= 0.3 is 0 Å². The fraction of sp³-hybridized carbons (Fsp3) is 0.632. The van der Waals surface area contributed by atoms with Crippen LogP contribution in [-0.4, -0.2) is 63.3 Å². The highest BCUT2D eigenvalue weighted by atomic mass is 16.5. The number of likely N-dealkylation sites (tertiary alicyclic amines) is 1. The van der Waals surface area contributed by atoms with E-state index < -0.39 is 0 Å². The number of carbonyl (C=O) groups is 1. The van der Waals surface area contributed by atoms with Crippen LogP contribution in [0.2, 0.25) is 0 Å². The minimum Gasteiger partial charge on any atom is -0.378 e. The lowest BCUT2D eigenvalue weighted by Gasteiger charge is -2.34. The standard InChI is InChI=1S/C19H29N3O2/c1-21(2)16-8-6-15(7-9-16)12-19(23)20-17-13-24-14-18(17)22-10-4-3-5-11-22/h6-9,17-18H,3-5,10-14H2,1-2H3,(H,20,23)/t17-,18-/m0/s1. The number of hydrogen-bond donors (Lipinski definition) is 1. The molecule has 132 valence electrons. The first-order valence-electron chi connectivity index (χ1n) is 9.01. The molecule has 0 radical (unpaired) electrons. The van der Waals surface area contributed by atoms with Crippen LogP contribution in [0.25, 0.3) is 0 Å². The summed E-state index contributed by atoms with van der Waals surface area (Å²) in [4.78, 5) is 17.0. The molecule has 0 bridgehead atoms. The Bertz CT molecular complexity index is 538. The molecule has 1 aromatic carbocycles. The summed E-state index contributed by atoms with van der Waals surface area (Å²) in [6.07, 6.45) is 4.27. The molecular weight excluding hydrogens is 302 g/mol. The highest BCUT2D eigenvalue weighted by molar-refractivity contribution is 5.79. The van der Waals surface area contributed by atoms with Gasteiger partial charge in [0.15, 0.2) is 0 Å². The van der Waals surface area contributed by atoms with Gasteiger partial charge < -0.3 is 15.0 Å². The molecule has 2 aliphatic heterocycles. The van der Waals surface area contributed by atoms with Crippen molar-refractivity contribution >= 4 is 11.6 Å². The third-order valence-electron chi connectivity index (χ3n) is 5.07. The number of amides is 1. The van der Waals surface area contributed by atoms with Gasteiger partial charge in [-0.2, -0.15) is 0 Å². The van der Waals surface area contributed by atoms with E-state index in [2.05, 4.69) is 27.2 Å². The van der Waals surface area contributed by atoms with Crippen molar-refractivity contribution in [3.8, 4) is 0 Å². The number of carbonyl (C=O) groups excluding carboxylic acids is 1. The monoisotopic (exact) mass is 331 g/mol. The van der Waals surface area contributed by atoms with Crippen molar-refractivity contribution in [1.29, 1.82) is 0 Å². The number of rotatable bonds is 5. The first-order chi connectivity index (χ1) is 11.6. The molecule has 5 heteroatoms. The minimum atomic E-state index is 0.0881. The lowest BCUT2D eigenvalue weighted by molar-refractivity contribution is -0.121. The Morgan fingerprint density at radius 2 is 1.88 bits per heavy atom. The van der Waals surface area contributed by atoms with Crippen molar-refractivity contribution in [2.24, 2.45) is 0 Å². The van der Waals surface area contributed by atoms with Crippen LogP contribution in [0, 0.1) is 0 Å². The molecule has 2 saturated heterocycles. The van der Waals surface area contributed by atoms with Crippen LogP contribution in [0.5, 0.6) is 0 Å². The van der Waals surface area contributed by atoms with Crippen LogP contribution in [0.15, 0.2) is 24.3 Å². The Labute approximate surface area is 145 Å². The first-order valence-corrected chi connectivity index (χ1v) is 9.01. The molecule has 0 aliphatic carbocycles. The zero-order valence-electron chi connectivity index (χ0n) is 14.8. The Balaban J connectivity index is 1.53. The molecule has 0 unspecified atom stereocenters. The fourth-order valence-corrected chi connectivity index (χ4v) is 3.65. The Hall–Kier alpha value is -1.59. The van der Waals surface area contributed by atoms with Gasteiger partial charge in [-0.1, -0.05) is 18.6 Å². The van der Waals surface area contributed by atoms with Crippen LogP contribution < -0.4 is 10.2 Å². The van der Waals surface area contributed by atoms with Gasteiger partial charge in [0.25, 0.3) is 0 Å². The zero-order valence-corrected chi connectivity index (χ0v) is 14.8. The van der Waals surface area contributed by atoms with Crippen molar-refractivity contribution in [3.63, 3.8) is 0 Å². The highest BCUT2D eigenvalue weighted by Gasteiger charge is 2.34. The largest absolute Gasteiger partial charge is 0.378 e. The SMILES string of the molecule is CN(C)c1ccc(CC(=O)N[C@H]2COC[C@@H]2N2CCCCC2)cc1. The number of benzene rings is 1. The van der Waals surface area contributed by atoms with E-state index in [4.69, 9.17) is 4.74 Å². The summed E-state index contributed by atoms with van der Waals surface area (Å²) in [7, 11) is 4.03. The molecule has 0 saturated carbocycles. The molecule has 1 aromatic rings. The van der Waals surface area contributed by atoms with Crippen LogP contribution in [-0.2, 0) is 16.0 Å². The minimum absolute atomic E-state index is 0.0881. The number of nitrogens with one attached hydrogen (secondary N) is 1. The summed E-state index contributed by atoms with van der Waals surface area (Å²) in [6, 6.07) is 8.63. The van der Waals surface area contributed by atoms with Gasteiger partial charge in [-0.15, -0.1) is 0 Å². The molecule has 1 N–H and O–H groups in total. The van der Waals surface area contributed by atoms with E-state index in [0.717, 1.165) is 30.9 Å². The highest BCUT2D eigenvalue weighted by Crippen LogP contribution is 2.19. The third-order valence-corrected chi connectivity index (χ3v) is 5.07.